The number of carbonyl (C=O) groups is 1. The van der Waals surface area contributed by atoms with Crippen molar-refractivity contribution < 1.29 is 89.4 Å². The highest BCUT2D eigenvalue weighted by atomic mass is 16.8. The highest BCUT2D eigenvalue weighted by molar-refractivity contribution is 5.76. The van der Waals surface area contributed by atoms with Crippen molar-refractivity contribution in [3.05, 3.63) is 36.5 Å². The number of hydrogen-bond acceptors (Lipinski definition) is 18. The predicted molar refractivity (Wildman–Crippen MR) is 346 cm³/mol. The van der Waals surface area contributed by atoms with E-state index in [0.29, 0.717) is 12.8 Å². The summed E-state index contributed by atoms with van der Waals surface area (Å²) in [5, 5.41) is 120. The summed E-state index contributed by atoms with van der Waals surface area (Å²) in [5.74, 6) is -0.286. The van der Waals surface area contributed by atoms with Crippen LogP contribution in [0.15, 0.2) is 36.5 Å². The molecule has 3 aliphatic rings. The molecule has 3 rings (SSSR count). The molecular formula is C70H129NO18. The first kappa shape index (κ1) is 81.2. The fourth-order valence-electron chi connectivity index (χ4n) is 12.1. The topological polar surface area (TPSA) is 307 Å². The Morgan fingerprint density at radius 1 is 0.393 bits per heavy atom. The van der Waals surface area contributed by atoms with Crippen LogP contribution in [0, 0.1) is 0 Å². The van der Waals surface area contributed by atoms with Gasteiger partial charge < -0.3 is 89.9 Å². The van der Waals surface area contributed by atoms with Crippen LogP contribution in [-0.4, -0.2) is 193 Å². The van der Waals surface area contributed by atoms with Crippen molar-refractivity contribution in [1.29, 1.82) is 0 Å². The van der Waals surface area contributed by atoms with Gasteiger partial charge in [0.1, 0.15) is 73.2 Å². The highest BCUT2D eigenvalue weighted by Gasteiger charge is 2.53. The lowest BCUT2D eigenvalue weighted by molar-refractivity contribution is -0.379. The van der Waals surface area contributed by atoms with Gasteiger partial charge in [-0.2, -0.15) is 0 Å². The molecule has 3 heterocycles. The Balaban J connectivity index is 1.39. The molecule has 0 saturated carbocycles. The zero-order valence-electron chi connectivity index (χ0n) is 55.2. The van der Waals surface area contributed by atoms with E-state index in [0.717, 1.165) is 44.9 Å². The summed E-state index contributed by atoms with van der Waals surface area (Å²) in [7, 11) is 0. The Labute approximate surface area is 536 Å². The van der Waals surface area contributed by atoms with Crippen molar-refractivity contribution in [2.45, 2.75) is 375 Å². The molecular weight excluding hydrogens is 1140 g/mol. The van der Waals surface area contributed by atoms with Crippen molar-refractivity contribution in [2.75, 3.05) is 26.4 Å². The standard InChI is InChI=1S/C70H129NO18/c1-3-5-7-9-11-13-15-17-19-20-21-22-23-24-25-26-27-28-29-30-31-32-34-36-38-40-42-44-46-48-58(76)71-53(54(75)47-45-43-41-39-37-35-33-18-16-14-12-10-8-6-4-2)52-84-68-64(82)61(79)66(56(50-73)86-68)89-70-65(83)62(80)67(57(51-74)87-70)88-69-63(81)60(78)59(77)55(49-72)85-69/h16,18,37,39,45,47,53-57,59-70,72-75,77-83H,3-15,17,19-36,38,40-44,46,48-52H2,1-2H3,(H,71,76)/b18-16+,39-37+,47-45+. The van der Waals surface area contributed by atoms with Gasteiger partial charge in [0.05, 0.1) is 38.6 Å². The van der Waals surface area contributed by atoms with Gasteiger partial charge in [0.15, 0.2) is 18.9 Å². The Morgan fingerprint density at radius 2 is 0.719 bits per heavy atom. The molecule has 12 N–H and O–H groups in total. The van der Waals surface area contributed by atoms with Gasteiger partial charge in [-0.25, -0.2) is 0 Å². The number of unbranched alkanes of at least 4 members (excludes halogenated alkanes) is 35. The SMILES string of the molecule is CCCCCCC/C=C/CC/C=C/CC/C=C/C(O)C(COC1OC(CO)C(OC2OC(CO)C(OC3OC(CO)C(O)C(O)C3O)C(O)C2O)C(O)C1O)NC(=O)CCCCCCCCCCCCCCCCCCCCCCCCCCCCCCC. The molecule has 19 heteroatoms. The lowest BCUT2D eigenvalue weighted by atomic mass is 9.96. The third-order valence-corrected chi connectivity index (χ3v) is 17.9. The number of rotatable bonds is 55. The summed E-state index contributed by atoms with van der Waals surface area (Å²) in [6, 6.07) is -0.994. The van der Waals surface area contributed by atoms with Crippen molar-refractivity contribution in [1.82, 2.24) is 5.32 Å². The summed E-state index contributed by atoms with van der Waals surface area (Å²) in [4.78, 5) is 13.4. The first-order valence-electron chi connectivity index (χ1n) is 35.7. The van der Waals surface area contributed by atoms with Crippen LogP contribution >= 0.6 is 0 Å². The molecule has 522 valence electrons. The van der Waals surface area contributed by atoms with Crippen molar-refractivity contribution >= 4 is 5.91 Å². The van der Waals surface area contributed by atoms with Crippen LogP contribution in [0.2, 0.25) is 0 Å². The largest absolute Gasteiger partial charge is 0.394 e. The van der Waals surface area contributed by atoms with Crippen LogP contribution in [0.4, 0.5) is 0 Å². The van der Waals surface area contributed by atoms with E-state index in [-0.39, 0.29) is 18.9 Å². The molecule has 0 aromatic rings. The first-order valence-corrected chi connectivity index (χ1v) is 35.7. The van der Waals surface area contributed by atoms with E-state index in [2.05, 4.69) is 43.5 Å². The average Bonchev–Trinajstić information content (AvgIpc) is 1.98. The van der Waals surface area contributed by atoms with Crippen LogP contribution in [0.5, 0.6) is 0 Å². The number of hydrogen-bond donors (Lipinski definition) is 12. The van der Waals surface area contributed by atoms with E-state index in [9.17, 15) is 61.0 Å². The molecule has 0 aliphatic carbocycles. The fourth-order valence-corrected chi connectivity index (χ4v) is 12.1. The summed E-state index contributed by atoms with van der Waals surface area (Å²) < 4.78 is 34.3. The molecule has 0 aromatic heterocycles. The monoisotopic (exact) mass is 1270 g/mol. The minimum atomic E-state index is -1.98. The van der Waals surface area contributed by atoms with Gasteiger partial charge in [-0.3, -0.25) is 4.79 Å². The summed E-state index contributed by atoms with van der Waals surface area (Å²) in [5.41, 5.74) is 0. The van der Waals surface area contributed by atoms with Crippen LogP contribution in [0.3, 0.4) is 0 Å². The maximum Gasteiger partial charge on any atom is 0.220 e. The molecule has 1 amide bonds. The smallest absolute Gasteiger partial charge is 0.220 e. The molecule has 3 fully saturated rings. The molecule has 0 spiro atoms. The number of ether oxygens (including phenoxy) is 6. The number of nitrogens with one attached hydrogen (secondary N) is 1. The Kier molecular flexibility index (Phi) is 47.7. The van der Waals surface area contributed by atoms with Gasteiger partial charge in [0.25, 0.3) is 0 Å². The van der Waals surface area contributed by atoms with Gasteiger partial charge >= 0.3 is 0 Å². The molecule has 0 bridgehead atoms. The van der Waals surface area contributed by atoms with Crippen molar-refractivity contribution in [2.24, 2.45) is 0 Å². The molecule has 17 unspecified atom stereocenters. The molecule has 0 radical (unpaired) electrons. The Bertz CT molecular complexity index is 1760. The van der Waals surface area contributed by atoms with Crippen LogP contribution in [-0.2, 0) is 33.2 Å². The van der Waals surface area contributed by atoms with E-state index in [4.69, 9.17) is 28.4 Å². The van der Waals surface area contributed by atoms with Gasteiger partial charge in [0.2, 0.25) is 5.91 Å². The Morgan fingerprint density at radius 3 is 1.12 bits per heavy atom. The van der Waals surface area contributed by atoms with E-state index >= 15 is 0 Å². The highest BCUT2D eigenvalue weighted by Crippen LogP contribution is 2.33. The molecule has 89 heavy (non-hydrogen) atoms. The predicted octanol–water partition coefficient (Wildman–Crippen LogP) is 9.61. The van der Waals surface area contributed by atoms with Gasteiger partial charge in [-0.1, -0.05) is 256 Å². The zero-order valence-corrected chi connectivity index (χ0v) is 55.2. The molecule has 3 saturated heterocycles. The number of amides is 1. The quantitative estimate of drug-likeness (QED) is 0.0199. The summed E-state index contributed by atoms with van der Waals surface area (Å²) in [6.45, 7) is 1.71. The molecule has 3 aliphatic heterocycles. The zero-order chi connectivity index (χ0) is 64.7. The number of aliphatic hydroxyl groups excluding tert-OH is 11. The Hall–Kier alpha value is -1.99. The van der Waals surface area contributed by atoms with Crippen LogP contribution < -0.4 is 5.32 Å². The third kappa shape index (κ3) is 34.3. The second-order valence-electron chi connectivity index (χ2n) is 25.7. The average molecular weight is 1270 g/mol. The van der Waals surface area contributed by atoms with Gasteiger partial charge in [-0.05, 0) is 44.9 Å². The number of aliphatic hydroxyl groups is 11. The van der Waals surface area contributed by atoms with E-state index in [1.54, 1.807) is 6.08 Å². The second-order valence-corrected chi connectivity index (χ2v) is 25.7. The van der Waals surface area contributed by atoms with E-state index in [1.165, 1.54) is 193 Å². The minimum Gasteiger partial charge on any atom is -0.394 e. The first-order chi connectivity index (χ1) is 43.3. The van der Waals surface area contributed by atoms with Crippen LogP contribution in [0.25, 0.3) is 0 Å². The molecule has 17 atom stereocenters. The van der Waals surface area contributed by atoms with Crippen LogP contribution in [0.1, 0.15) is 271 Å². The second kappa shape index (κ2) is 52.3. The fraction of sp³-hybridized carbons (Fsp3) is 0.900. The van der Waals surface area contributed by atoms with Crippen molar-refractivity contribution in [3.63, 3.8) is 0 Å². The maximum absolute atomic E-state index is 13.4. The lowest BCUT2D eigenvalue weighted by Crippen LogP contribution is -2.66. The van der Waals surface area contributed by atoms with Gasteiger partial charge in [0, 0.05) is 6.42 Å². The molecule has 0 aromatic carbocycles. The minimum absolute atomic E-state index is 0.236. The maximum atomic E-state index is 13.4. The summed E-state index contributed by atoms with van der Waals surface area (Å²) in [6.07, 6.45) is 34.3. The lowest BCUT2D eigenvalue weighted by Gasteiger charge is -2.48. The summed E-state index contributed by atoms with van der Waals surface area (Å²) >= 11 is 0. The van der Waals surface area contributed by atoms with E-state index < -0.39 is 124 Å². The molecule has 19 nitrogen and oxygen atoms in total. The van der Waals surface area contributed by atoms with E-state index in [1.807, 2.05) is 6.08 Å². The van der Waals surface area contributed by atoms with Gasteiger partial charge in [-0.15, -0.1) is 0 Å². The third-order valence-electron chi connectivity index (χ3n) is 17.9. The van der Waals surface area contributed by atoms with Crippen molar-refractivity contribution in [3.8, 4) is 0 Å². The number of carbonyl (C=O) groups excluding carboxylic acids is 1. The normalized spacial score (nSPS) is 28.4. The number of allylic oxidation sites excluding steroid dienone is 5.